The Morgan fingerprint density at radius 1 is 1.06 bits per heavy atom. The number of carboxylic acids is 1. The smallest absolute Gasteiger partial charge is 0.354 e. The second-order valence-electron chi connectivity index (χ2n) is 8.99. The number of halogens is 1. The van der Waals surface area contributed by atoms with Crippen molar-refractivity contribution < 1.29 is 23.8 Å². The molecule has 1 saturated carbocycles. The van der Waals surface area contributed by atoms with Crippen LogP contribution in [0.5, 0.6) is 5.75 Å². The molecule has 1 aliphatic rings. The van der Waals surface area contributed by atoms with E-state index < -0.39 is 11.8 Å². The number of Topliss-reactive ketones (excluding diaryl/α,β-unsaturated/α-hetero) is 1. The minimum Gasteiger partial charge on any atom is -0.483 e. The third kappa shape index (κ3) is 5.17. The normalized spacial score (nSPS) is 14.4. The van der Waals surface area contributed by atoms with Crippen LogP contribution in [0, 0.1) is 11.7 Å². The second-order valence-corrected chi connectivity index (χ2v) is 10.1. The van der Waals surface area contributed by atoms with Crippen molar-refractivity contribution in [2.75, 3.05) is 0 Å². The summed E-state index contributed by atoms with van der Waals surface area (Å²) >= 11 is 1.47. The largest absolute Gasteiger partial charge is 0.483 e. The van der Waals surface area contributed by atoms with Gasteiger partial charge in [-0.15, -0.1) is 11.3 Å². The summed E-state index contributed by atoms with van der Waals surface area (Å²) < 4.78 is 21.6. The highest BCUT2D eigenvalue weighted by atomic mass is 32.1. The third-order valence-electron chi connectivity index (χ3n) is 6.58. The first kappa shape index (κ1) is 23.4. The van der Waals surface area contributed by atoms with Gasteiger partial charge >= 0.3 is 5.97 Å². The molecular weight excluding hydrogens is 467 g/mol. The maximum Gasteiger partial charge on any atom is 0.354 e. The monoisotopic (exact) mass is 492 g/mol. The van der Waals surface area contributed by atoms with E-state index in [1.165, 1.54) is 42.7 Å². The van der Waals surface area contributed by atoms with Crippen LogP contribution in [0.2, 0.25) is 0 Å². The minimum absolute atomic E-state index is 0.0250. The summed E-state index contributed by atoms with van der Waals surface area (Å²) in [6.07, 6.45) is 6.96. The van der Waals surface area contributed by atoms with E-state index in [-0.39, 0.29) is 34.9 Å². The van der Waals surface area contributed by atoms with Crippen LogP contribution in [0.4, 0.5) is 4.39 Å². The molecule has 0 unspecified atom stereocenters. The fourth-order valence-corrected chi connectivity index (χ4v) is 5.63. The average Bonchev–Trinajstić information content (AvgIpc) is 3.29. The molecule has 0 spiro atoms. The van der Waals surface area contributed by atoms with Crippen LogP contribution < -0.4 is 4.74 Å². The van der Waals surface area contributed by atoms with Gasteiger partial charge in [-0.05, 0) is 36.6 Å². The highest BCUT2D eigenvalue weighted by molar-refractivity contribution is 7.18. The Balaban J connectivity index is 1.43. The highest BCUT2D eigenvalue weighted by Gasteiger charge is 2.21. The maximum absolute atomic E-state index is 14.9. The first-order valence-electron chi connectivity index (χ1n) is 11.9. The molecule has 1 aliphatic carbocycles. The van der Waals surface area contributed by atoms with Crippen molar-refractivity contribution in [2.45, 2.75) is 51.6 Å². The number of benzene rings is 2. The van der Waals surface area contributed by atoms with Gasteiger partial charge in [-0.3, -0.25) is 4.79 Å². The summed E-state index contributed by atoms with van der Waals surface area (Å²) in [6, 6.07) is 11.6. The molecule has 0 amide bonds. The lowest BCUT2D eigenvalue weighted by molar-refractivity contribution is 0.0691. The number of carbonyl (C=O) groups is 2. The lowest BCUT2D eigenvalue weighted by Crippen LogP contribution is -2.11. The molecule has 1 N–H and O–H groups in total. The maximum atomic E-state index is 14.9. The van der Waals surface area contributed by atoms with Crippen molar-refractivity contribution >= 4 is 44.2 Å². The predicted octanol–water partition coefficient (Wildman–Crippen LogP) is 6.80. The van der Waals surface area contributed by atoms with Gasteiger partial charge in [-0.1, -0.05) is 44.2 Å². The molecule has 0 aliphatic heterocycles. The number of ether oxygens (including phenoxy) is 1. The van der Waals surface area contributed by atoms with Crippen molar-refractivity contribution in [3.8, 4) is 5.75 Å². The Labute approximate surface area is 205 Å². The van der Waals surface area contributed by atoms with Crippen molar-refractivity contribution in [1.82, 2.24) is 9.97 Å². The highest BCUT2D eigenvalue weighted by Crippen LogP contribution is 2.32. The van der Waals surface area contributed by atoms with Crippen LogP contribution >= 0.6 is 11.3 Å². The standard InChI is InChI=1S/C27H25FN2O4S/c28-19-14-21-17(13-24(19)34-15-26-30-20-8-4-5-9-25(20)35-26)18(12-22(29-21)27(32)33)23(31)11-10-16-6-2-1-3-7-16/h4-5,8-9,12-14,16H,1-3,6-7,10-11,15H2,(H,32,33). The Morgan fingerprint density at radius 2 is 1.86 bits per heavy atom. The Hall–Kier alpha value is -3.39. The topological polar surface area (TPSA) is 89.4 Å². The van der Waals surface area contributed by atoms with Crippen LogP contribution in [0.25, 0.3) is 21.1 Å². The van der Waals surface area contributed by atoms with Gasteiger partial charge in [0.2, 0.25) is 0 Å². The molecule has 2 aromatic heterocycles. The minimum atomic E-state index is -1.26. The van der Waals surface area contributed by atoms with Crippen molar-refractivity contribution in [3.63, 3.8) is 0 Å². The zero-order valence-electron chi connectivity index (χ0n) is 19.1. The van der Waals surface area contributed by atoms with E-state index in [0.29, 0.717) is 22.7 Å². The number of nitrogens with zero attached hydrogens (tertiary/aromatic N) is 2. The Bertz CT molecular complexity index is 1380. The van der Waals surface area contributed by atoms with Gasteiger partial charge < -0.3 is 9.84 Å². The lowest BCUT2D eigenvalue weighted by Gasteiger charge is -2.21. The summed E-state index contributed by atoms with van der Waals surface area (Å²) in [5.41, 5.74) is 0.941. The van der Waals surface area contributed by atoms with Crippen molar-refractivity contribution in [3.05, 3.63) is 64.5 Å². The molecule has 35 heavy (non-hydrogen) atoms. The molecule has 0 radical (unpaired) electrons. The first-order chi connectivity index (χ1) is 17.0. The summed E-state index contributed by atoms with van der Waals surface area (Å²) in [7, 11) is 0. The number of thiazole rings is 1. The van der Waals surface area contributed by atoms with E-state index in [0.717, 1.165) is 35.5 Å². The van der Waals surface area contributed by atoms with E-state index in [9.17, 15) is 19.1 Å². The van der Waals surface area contributed by atoms with Crippen LogP contribution in [0.3, 0.4) is 0 Å². The van der Waals surface area contributed by atoms with Crippen LogP contribution in [0.1, 0.15) is 70.8 Å². The van der Waals surface area contributed by atoms with Crippen molar-refractivity contribution in [2.24, 2.45) is 5.92 Å². The molecule has 0 bridgehead atoms. The molecule has 0 atom stereocenters. The van der Waals surface area contributed by atoms with E-state index in [2.05, 4.69) is 9.97 Å². The van der Waals surface area contributed by atoms with Crippen LogP contribution in [0.15, 0.2) is 42.5 Å². The van der Waals surface area contributed by atoms with Crippen LogP contribution in [-0.4, -0.2) is 26.8 Å². The Kier molecular flexibility index (Phi) is 6.72. The number of carboxylic acid groups (broad SMARTS) is 1. The van der Waals surface area contributed by atoms with Gasteiger partial charge in [0, 0.05) is 23.4 Å². The van der Waals surface area contributed by atoms with Gasteiger partial charge in [0.25, 0.3) is 0 Å². The number of aromatic carboxylic acids is 1. The predicted molar refractivity (Wildman–Crippen MR) is 133 cm³/mol. The number of ketones is 1. The summed E-state index contributed by atoms with van der Waals surface area (Å²) in [5.74, 6) is -1.60. The molecule has 4 aromatic rings. The van der Waals surface area contributed by atoms with E-state index in [4.69, 9.17) is 4.74 Å². The zero-order chi connectivity index (χ0) is 24.4. The number of hydrogen-bond donors (Lipinski definition) is 1. The number of carbonyl (C=O) groups excluding carboxylic acids is 1. The summed E-state index contributed by atoms with van der Waals surface area (Å²) in [4.78, 5) is 33.4. The number of fused-ring (bicyclic) bond motifs is 2. The lowest BCUT2D eigenvalue weighted by atomic mass is 9.85. The number of para-hydroxylation sites is 1. The zero-order valence-corrected chi connectivity index (χ0v) is 19.9. The number of aromatic nitrogens is 2. The molecule has 6 nitrogen and oxygen atoms in total. The van der Waals surface area contributed by atoms with Gasteiger partial charge in [0.15, 0.2) is 17.3 Å². The molecule has 8 heteroatoms. The van der Waals surface area contributed by atoms with E-state index >= 15 is 0 Å². The van der Waals surface area contributed by atoms with Crippen molar-refractivity contribution in [1.29, 1.82) is 0 Å². The first-order valence-corrected chi connectivity index (χ1v) is 12.7. The molecular formula is C27H25FN2O4S. The van der Waals surface area contributed by atoms with Crippen LogP contribution in [-0.2, 0) is 6.61 Å². The van der Waals surface area contributed by atoms with Gasteiger partial charge in [-0.25, -0.2) is 19.2 Å². The molecule has 1 fully saturated rings. The number of pyridine rings is 1. The molecule has 0 saturated heterocycles. The second kappa shape index (κ2) is 10.1. The average molecular weight is 493 g/mol. The van der Waals surface area contributed by atoms with E-state index in [1.807, 2.05) is 24.3 Å². The van der Waals surface area contributed by atoms with Gasteiger partial charge in [-0.2, -0.15) is 0 Å². The number of rotatable bonds is 8. The fraction of sp³-hybridized carbons (Fsp3) is 0.333. The SMILES string of the molecule is O=C(O)c1cc(C(=O)CCC2CCCCC2)c2cc(OCc3nc4ccccc4s3)c(F)cc2n1. The molecule has 2 heterocycles. The molecule has 180 valence electrons. The van der Waals surface area contributed by atoms with E-state index in [1.54, 1.807) is 0 Å². The summed E-state index contributed by atoms with van der Waals surface area (Å²) in [6.45, 7) is 0.0768. The fourth-order valence-electron chi connectivity index (χ4n) is 4.75. The number of hydrogen-bond acceptors (Lipinski definition) is 6. The quantitative estimate of drug-likeness (QED) is 0.272. The molecule has 2 aromatic carbocycles. The third-order valence-corrected chi connectivity index (χ3v) is 7.59. The Morgan fingerprint density at radius 3 is 2.63 bits per heavy atom. The van der Waals surface area contributed by atoms with Gasteiger partial charge in [0.05, 0.1) is 15.7 Å². The van der Waals surface area contributed by atoms with Gasteiger partial charge in [0.1, 0.15) is 17.3 Å². The molecule has 5 rings (SSSR count). The summed E-state index contributed by atoms with van der Waals surface area (Å²) in [5, 5.41) is 10.6.